The first kappa shape index (κ1) is 33.7. The van der Waals surface area contributed by atoms with E-state index in [9.17, 15) is 15.3 Å². The molecule has 0 aromatic heterocycles. The van der Waals surface area contributed by atoms with Crippen molar-refractivity contribution >= 4 is 0 Å². The van der Waals surface area contributed by atoms with Gasteiger partial charge in [0.1, 0.15) is 0 Å². The van der Waals surface area contributed by atoms with Gasteiger partial charge in [0.2, 0.25) is 0 Å². The van der Waals surface area contributed by atoms with Gasteiger partial charge in [0.05, 0.1) is 0 Å². The molecule has 0 bridgehead atoms. The summed E-state index contributed by atoms with van der Waals surface area (Å²) in [5.41, 5.74) is 0. The van der Waals surface area contributed by atoms with Crippen LogP contribution < -0.4 is 15.3 Å². The molecule has 0 saturated heterocycles. The Morgan fingerprint density at radius 3 is 0.810 bits per heavy atom. The van der Waals surface area contributed by atoms with Crippen molar-refractivity contribution in [3.05, 3.63) is 0 Å². The summed E-state index contributed by atoms with van der Waals surface area (Å²) in [4.78, 5) is 0. The van der Waals surface area contributed by atoms with Gasteiger partial charge in [-0.05, 0) is 6.42 Å². The van der Waals surface area contributed by atoms with Crippen LogP contribution in [0.15, 0.2) is 0 Å². The van der Waals surface area contributed by atoms with Crippen molar-refractivity contribution in [1.29, 1.82) is 0 Å². The summed E-state index contributed by atoms with van der Waals surface area (Å²) >= 11 is 0. The molecule has 0 aliphatic rings. The molecule has 21 heavy (non-hydrogen) atoms. The standard InChI is InChI=1S/C4H10O.3C4H9O.Nd/c4*1-2-3-4-5;/h5H,2-4H2,1H3;3*2-4H2,1H3;/q;3*-1;+3. The van der Waals surface area contributed by atoms with Crippen LogP contribution in [0.25, 0.3) is 0 Å². The average Bonchev–Trinajstić information content (AvgIpc) is 2.44. The van der Waals surface area contributed by atoms with Crippen LogP contribution in [0.1, 0.15) is 79.1 Å². The summed E-state index contributed by atoms with van der Waals surface area (Å²) in [6.45, 7) is 8.71. The second-order valence-electron chi connectivity index (χ2n) is 4.25. The van der Waals surface area contributed by atoms with Crippen LogP contribution in [0.3, 0.4) is 0 Å². The van der Waals surface area contributed by atoms with E-state index in [4.69, 9.17) is 5.11 Å². The zero-order valence-corrected chi connectivity index (χ0v) is 17.9. The Balaban J connectivity index is -0.0000000533. The maximum atomic E-state index is 9.53. The maximum Gasteiger partial charge on any atom is 3.00 e. The van der Waals surface area contributed by atoms with Crippen molar-refractivity contribution in [3.63, 3.8) is 0 Å². The summed E-state index contributed by atoms with van der Waals surface area (Å²) in [6.07, 6.45) is 7.63. The molecule has 0 amide bonds. The van der Waals surface area contributed by atoms with Crippen LogP contribution in [-0.4, -0.2) is 31.5 Å². The molecule has 0 aliphatic heterocycles. The van der Waals surface area contributed by atoms with Gasteiger partial charge in [0.25, 0.3) is 0 Å². The first-order chi connectivity index (χ1) is 9.66. The number of unbranched alkanes of at least 4 members (excludes halogenated alkanes) is 4. The quantitative estimate of drug-likeness (QED) is 0.618. The van der Waals surface area contributed by atoms with Crippen LogP contribution in [0, 0.1) is 40.8 Å². The molecule has 5 heteroatoms. The van der Waals surface area contributed by atoms with Gasteiger partial charge in [-0.3, -0.25) is 0 Å². The molecule has 1 N–H and O–H groups in total. The van der Waals surface area contributed by atoms with Crippen LogP contribution >= 0.6 is 0 Å². The molecule has 0 saturated carbocycles. The topological polar surface area (TPSA) is 89.4 Å². The second-order valence-corrected chi connectivity index (χ2v) is 4.25. The number of aliphatic hydroxyl groups is 1. The summed E-state index contributed by atoms with van der Waals surface area (Å²) in [6, 6.07) is 0. The summed E-state index contributed by atoms with van der Waals surface area (Å²) in [7, 11) is 0. The van der Waals surface area contributed by atoms with E-state index in [1.54, 1.807) is 0 Å². The largest absolute Gasteiger partial charge is 3.00 e. The van der Waals surface area contributed by atoms with Gasteiger partial charge >= 0.3 is 40.8 Å². The molecule has 0 fully saturated rings. The van der Waals surface area contributed by atoms with E-state index < -0.39 is 0 Å². The Kier molecular flexibility index (Phi) is 79.7. The van der Waals surface area contributed by atoms with Gasteiger partial charge in [0.15, 0.2) is 0 Å². The molecular formula is C16H37NdO4. The monoisotopic (exact) mass is 435 g/mol. The van der Waals surface area contributed by atoms with Crippen LogP contribution in [-0.2, 0) is 0 Å². The van der Waals surface area contributed by atoms with E-state index in [0.717, 1.165) is 51.4 Å². The van der Waals surface area contributed by atoms with Gasteiger partial charge in [-0.15, -0.1) is 19.8 Å². The number of hydrogen-bond acceptors (Lipinski definition) is 4. The Labute approximate surface area is 165 Å². The first-order valence-electron chi connectivity index (χ1n) is 8.01. The smallest absolute Gasteiger partial charge is 0.854 e. The fraction of sp³-hybridized carbons (Fsp3) is 1.00. The number of hydrogen-bond donors (Lipinski definition) is 1. The fourth-order valence-corrected chi connectivity index (χ4v) is 0.591. The van der Waals surface area contributed by atoms with Gasteiger partial charge < -0.3 is 20.4 Å². The van der Waals surface area contributed by atoms with Gasteiger partial charge in [-0.25, -0.2) is 0 Å². The summed E-state index contributed by atoms with van der Waals surface area (Å²) < 4.78 is 0. The third-order valence-electron chi connectivity index (χ3n) is 2.01. The molecule has 129 valence electrons. The molecule has 0 aromatic rings. The molecule has 0 aliphatic carbocycles. The van der Waals surface area contributed by atoms with Crippen molar-refractivity contribution in [2.75, 3.05) is 26.4 Å². The zero-order valence-electron chi connectivity index (χ0n) is 14.7. The van der Waals surface area contributed by atoms with E-state index in [2.05, 4.69) is 6.92 Å². The van der Waals surface area contributed by atoms with Crippen molar-refractivity contribution < 1.29 is 61.3 Å². The van der Waals surface area contributed by atoms with E-state index in [0.29, 0.717) is 6.61 Å². The minimum absolute atomic E-state index is 0. The number of aliphatic hydroxyl groups excluding tert-OH is 1. The third-order valence-corrected chi connectivity index (χ3v) is 2.01. The van der Waals surface area contributed by atoms with Crippen LogP contribution in [0.2, 0.25) is 0 Å². The Bertz CT molecular complexity index is 74.3. The van der Waals surface area contributed by atoms with E-state index in [-0.39, 0.29) is 60.7 Å². The molecule has 0 unspecified atom stereocenters. The fourth-order valence-electron chi connectivity index (χ4n) is 0.591. The first-order valence-corrected chi connectivity index (χ1v) is 8.01. The van der Waals surface area contributed by atoms with Crippen molar-refractivity contribution in [1.82, 2.24) is 0 Å². The van der Waals surface area contributed by atoms with Gasteiger partial charge in [0, 0.05) is 6.61 Å². The molecule has 4 nitrogen and oxygen atoms in total. The Hall–Kier alpha value is 1.19. The SMILES string of the molecule is CCCCO.CCCC[O-].CCCC[O-].CCCC[O-].[Nd+3]. The minimum atomic E-state index is 0. The summed E-state index contributed by atoms with van der Waals surface area (Å²) in [5, 5.41) is 36.7. The Morgan fingerprint density at radius 2 is 0.810 bits per heavy atom. The van der Waals surface area contributed by atoms with Crippen molar-refractivity contribution in [2.24, 2.45) is 0 Å². The third kappa shape index (κ3) is 92.4. The van der Waals surface area contributed by atoms with E-state index >= 15 is 0 Å². The zero-order chi connectivity index (χ0) is 16.5. The number of rotatable bonds is 8. The molecule has 0 spiro atoms. The van der Waals surface area contributed by atoms with Crippen LogP contribution in [0.5, 0.6) is 0 Å². The summed E-state index contributed by atoms with van der Waals surface area (Å²) in [5.74, 6) is 0. The molecule has 0 atom stereocenters. The van der Waals surface area contributed by atoms with E-state index in [1.807, 2.05) is 20.8 Å². The molecule has 1 radical (unpaired) electrons. The minimum Gasteiger partial charge on any atom is -0.854 e. The molecule has 0 heterocycles. The van der Waals surface area contributed by atoms with Crippen molar-refractivity contribution in [3.8, 4) is 0 Å². The van der Waals surface area contributed by atoms with E-state index in [1.165, 1.54) is 0 Å². The molecular weight excluding hydrogens is 400 g/mol. The van der Waals surface area contributed by atoms with Gasteiger partial charge in [-0.2, -0.15) is 0 Å². The predicted octanol–water partition coefficient (Wildman–Crippen LogP) is 1.22. The predicted molar refractivity (Wildman–Crippen MR) is 81.3 cm³/mol. The Morgan fingerprint density at radius 1 is 0.571 bits per heavy atom. The average molecular weight is 438 g/mol. The van der Waals surface area contributed by atoms with Crippen LogP contribution in [0.4, 0.5) is 0 Å². The second kappa shape index (κ2) is 49.6. The normalized spacial score (nSPS) is 8.00. The molecule has 0 rings (SSSR count). The van der Waals surface area contributed by atoms with Gasteiger partial charge in [-0.1, -0.05) is 72.6 Å². The molecule has 0 aromatic carbocycles. The maximum absolute atomic E-state index is 9.53. The van der Waals surface area contributed by atoms with Crippen molar-refractivity contribution in [2.45, 2.75) is 79.1 Å².